The molecule has 0 aliphatic rings. The minimum atomic E-state index is -2.23. The van der Waals surface area contributed by atoms with Gasteiger partial charge in [0.05, 0.1) is 19.0 Å². The number of rotatable bonds is 5. The third-order valence-corrected chi connectivity index (χ3v) is 3.44. The Balaban J connectivity index is 1.72. The molecule has 0 saturated heterocycles. The van der Waals surface area contributed by atoms with Gasteiger partial charge in [0.2, 0.25) is 5.82 Å². The number of halogens is 5. The van der Waals surface area contributed by atoms with E-state index in [1.807, 2.05) is 35.8 Å². The van der Waals surface area contributed by atoms with Crippen molar-refractivity contribution in [1.82, 2.24) is 9.78 Å². The molecule has 26 heavy (non-hydrogen) atoms. The van der Waals surface area contributed by atoms with Crippen LogP contribution in [0.25, 0.3) is 0 Å². The molecule has 1 heterocycles. The van der Waals surface area contributed by atoms with Crippen molar-refractivity contribution < 1.29 is 22.0 Å². The van der Waals surface area contributed by atoms with Gasteiger partial charge in [-0.15, -0.1) is 0 Å². The Hall–Kier alpha value is -3.23. The van der Waals surface area contributed by atoms with E-state index in [2.05, 4.69) is 10.2 Å². The molecule has 0 radical (unpaired) electrons. The predicted octanol–water partition coefficient (Wildman–Crippen LogP) is 4.07. The quantitative estimate of drug-likeness (QED) is 0.243. The van der Waals surface area contributed by atoms with E-state index in [4.69, 9.17) is 0 Å². The monoisotopic (exact) mass is 366 g/mol. The molecule has 0 aliphatic heterocycles. The van der Waals surface area contributed by atoms with Crippen LogP contribution in [0.15, 0.2) is 47.8 Å². The summed E-state index contributed by atoms with van der Waals surface area (Å²) in [5.41, 5.74) is 2.09. The molecule has 0 spiro atoms. The fourth-order valence-electron chi connectivity index (χ4n) is 2.18. The number of nitrogens with zero attached hydrogens (tertiary/aromatic N) is 3. The maximum Gasteiger partial charge on any atom is 0.200 e. The van der Waals surface area contributed by atoms with Crippen molar-refractivity contribution in [2.24, 2.45) is 5.10 Å². The Morgan fingerprint density at radius 2 is 1.54 bits per heavy atom. The summed E-state index contributed by atoms with van der Waals surface area (Å²) >= 11 is 0. The largest absolute Gasteiger partial charge is 0.272 e. The molecule has 1 aromatic heterocycles. The first-order chi connectivity index (χ1) is 12.5. The third-order valence-electron chi connectivity index (χ3n) is 3.44. The van der Waals surface area contributed by atoms with Crippen molar-refractivity contribution >= 4 is 11.9 Å². The average molecular weight is 366 g/mol. The maximum atomic E-state index is 13.5. The summed E-state index contributed by atoms with van der Waals surface area (Å²) in [6.45, 7) is 0.500. The Morgan fingerprint density at radius 1 is 0.923 bits per heavy atom. The second-order valence-electron chi connectivity index (χ2n) is 5.27. The summed E-state index contributed by atoms with van der Waals surface area (Å²) in [6, 6.07) is 9.49. The van der Waals surface area contributed by atoms with Crippen LogP contribution < -0.4 is 5.43 Å². The smallest absolute Gasteiger partial charge is 0.200 e. The summed E-state index contributed by atoms with van der Waals surface area (Å²) in [5, 5.41) is 7.59. The second kappa shape index (κ2) is 7.34. The summed E-state index contributed by atoms with van der Waals surface area (Å²) in [6.07, 6.45) is 4.19. The topological polar surface area (TPSA) is 42.2 Å². The number of hydrogen-bond acceptors (Lipinski definition) is 3. The molecule has 3 aromatic rings. The standard InChI is InChI=1S/C17H11F5N4/c18-12-13(19)15(21)17(16(22)14(12)20)25-23-6-11-7-24-26(9-11)8-10-4-2-1-3-5-10/h1-7,9,25H,8H2/b23-6-. The zero-order valence-electron chi connectivity index (χ0n) is 13.1. The first-order valence-electron chi connectivity index (χ1n) is 7.34. The van der Waals surface area contributed by atoms with E-state index in [9.17, 15) is 22.0 Å². The summed E-state index contributed by atoms with van der Waals surface area (Å²) in [4.78, 5) is 0. The van der Waals surface area contributed by atoms with Gasteiger partial charge in [0.1, 0.15) is 5.69 Å². The molecule has 1 N–H and O–H groups in total. The van der Waals surface area contributed by atoms with Crippen LogP contribution in [0.5, 0.6) is 0 Å². The molecule has 0 atom stereocenters. The number of benzene rings is 2. The number of anilines is 1. The highest BCUT2D eigenvalue weighted by Crippen LogP contribution is 2.26. The number of hydrogen-bond donors (Lipinski definition) is 1. The molecule has 0 amide bonds. The van der Waals surface area contributed by atoms with Crippen molar-refractivity contribution in [3.63, 3.8) is 0 Å². The van der Waals surface area contributed by atoms with Gasteiger partial charge in [-0.05, 0) is 5.56 Å². The minimum absolute atomic E-state index is 0.470. The van der Waals surface area contributed by atoms with E-state index in [1.165, 1.54) is 6.20 Å². The highest BCUT2D eigenvalue weighted by atomic mass is 19.2. The molecule has 0 saturated carbocycles. The molecule has 0 unspecified atom stereocenters. The lowest BCUT2D eigenvalue weighted by Gasteiger charge is -2.06. The van der Waals surface area contributed by atoms with Crippen LogP contribution >= 0.6 is 0 Å². The van der Waals surface area contributed by atoms with Crippen molar-refractivity contribution in [2.75, 3.05) is 5.43 Å². The SMILES string of the molecule is Fc1c(F)c(F)c(N/N=C\c2cnn(Cc3ccccc3)c2)c(F)c1F. The summed E-state index contributed by atoms with van der Waals surface area (Å²) < 4.78 is 67.8. The second-order valence-corrected chi connectivity index (χ2v) is 5.27. The molecule has 134 valence electrons. The molecular weight excluding hydrogens is 355 g/mol. The minimum Gasteiger partial charge on any atom is -0.272 e. The van der Waals surface area contributed by atoms with Gasteiger partial charge in [-0.25, -0.2) is 22.0 Å². The third kappa shape index (κ3) is 3.56. The number of nitrogens with one attached hydrogen (secondary N) is 1. The highest BCUT2D eigenvalue weighted by Gasteiger charge is 2.25. The lowest BCUT2D eigenvalue weighted by Crippen LogP contribution is -2.06. The van der Waals surface area contributed by atoms with E-state index in [0.29, 0.717) is 12.1 Å². The van der Waals surface area contributed by atoms with Gasteiger partial charge in [-0.2, -0.15) is 10.2 Å². The summed E-state index contributed by atoms with van der Waals surface area (Å²) in [5.74, 6) is -10.3. The molecular formula is C17H11F5N4. The zero-order chi connectivity index (χ0) is 18.7. The first kappa shape index (κ1) is 17.6. The van der Waals surface area contributed by atoms with Gasteiger partial charge in [-0.3, -0.25) is 10.1 Å². The fourth-order valence-corrected chi connectivity index (χ4v) is 2.18. The summed E-state index contributed by atoms with van der Waals surface area (Å²) in [7, 11) is 0. The van der Waals surface area contributed by atoms with Crippen molar-refractivity contribution in [3.05, 3.63) is 82.9 Å². The van der Waals surface area contributed by atoms with Crippen LogP contribution in [-0.2, 0) is 6.54 Å². The molecule has 9 heteroatoms. The van der Waals surface area contributed by atoms with Crippen LogP contribution in [0.1, 0.15) is 11.1 Å². The highest BCUT2D eigenvalue weighted by molar-refractivity contribution is 5.79. The Bertz CT molecular complexity index is 924. The van der Waals surface area contributed by atoms with Crippen LogP contribution in [0.4, 0.5) is 27.6 Å². The van der Waals surface area contributed by atoms with E-state index in [0.717, 1.165) is 11.8 Å². The molecule has 0 aliphatic carbocycles. The number of hydrazone groups is 1. The Morgan fingerprint density at radius 3 is 2.19 bits per heavy atom. The van der Waals surface area contributed by atoms with Crippen LogP contribution in [0, 0.1) is 29.1 Å². The Labute approximate surface area is 144 Å². The molecule has 4 nitrogen and oxygen atoms in total. The van der Waals surface area contributed by atoms with Gasteiger partial charge in [-0.1, -0.05) is 30.3 Å². The average Bonchev–Trinajstić information content (AvgIpc) is 3.09. The zero-order valence-corrected chi connectivity index (χ0v) is 13.1. The van der Waals surface area contributed by atoms with Crippen LogP contribution in [0.2, 0.25) is 0 Å². The predicted molar refractivity (Wildman–Crippen MR) is 85.2 cm³/mol. The van der Waals surface area contributed by atoms with Crippen molar-refractivity contribution in [3.8, 4) is 0 Å². The van der Waals surface area contributed by atoms with Crippen molar-refractivity contribution in [2.45, 2.75) is 6.54 Å². The van der Waals surface area contributed by atoms with Crippen LogP contribution in [-0.4, -0.2) is 16.0 Å². The Kier molecular flexibility index (Phi) is 4.97. The molecule has 0 fully saturated rings. The molecule has 0 bridgehead atoms. The van der Waals surface area contributed by atoms with Crippen molar-refractivity contribution in [1.29, 1.82) is 0 Å². The van der Waals surface area contributed by atoms with Gasteiger partial charge in [0.25, 0.3) is 0 Å². The maximum absolute atomic E-state index is 13.5. The van der Waals surface area contributed by atoms with Gasteiger partial charge in [0.15, 0.2) is 23.3 Å². The van der Waals surface area contributed by atoms with E-state index in [-0.39, 0.29) is 0 Å². The first-order valence-corrected chi connectivity index (χ1v) is 7.34. The molecule has 2 aromatic carbocycles. The van der Waals surface area contributed by atoms with Crippen LogP contribution in [0.3, 0.4) is 0 Å². The lowest BCUT2D eigenvalue weighted by molar-refractivity contribution is 0.381. The fraction of sp³-hybridized carbons (Fsp3) is 0.0588. The van der Waals surface area contributed by atoms with Gasteiger partial charge < -0.3 is 0 Å². The van der Waals surface area contributed by atoms with E-state index < -0.39 is 34.8 Å². The number of aromatic nitrogens is 2. The van der Waals surface area contributed by atoms with E-state index >= 15 is 0 Å². The van der Waals surface area contributed by atoms with E-state index in [1.54, 1.807) is 10.9 Å². The molecule has 3 rings (SSSR count). The van der Waals surface area contributed by atoms with Gasteiger partial charge in [0, 0.05) is 11.8 Å². The lowest BCUT2D eigenvalue weighted by atomic mass is 10.2. The normalized spacial score (nSPS) is 11.3. The van der Waals surface area contributed by atoms with Gasteiger partial charge >= 0.3 is 0 Å².